The quantitative estimate of drug-likeness (QED) is 0.595. The average Bonchev–Trinajstić information content (AvgIpc) is 2.53. The average molecular weight is 366 g/mol. The number of carbonyl (C=O) groups is 2. The molecule has 4 heteroatoms. The van der Waals surface area contributed by atoms with Crippen molar-refractivity contribution in [3.05, 3.63) is 94.1 Å². The Hall–Kier alpha value is -3.14. The molecule has 1 aromatic rings. The third kappa shape index (κ3) is 6.94. The first-order valence-corrected chi connectivity index (χ1v) is 8.56. The monoisotopic (exact) mass is 366 g/mol. The van der Waals surface area contributed by atoms with Crippen molar-refractivity contribution < 1.29 is 19.8 Å². The molecule has 2 N–H and O–H groups in total. The van der Waals surface area contributed by atoms with Crippen LogP contribution >= 0.6 is 0 Å². The minimum atomic E-state index is -1.14. The van der Waals surface area contributed by atoms with Crippen molar-refractivity contribution in [3.8, 4) is 0 Å². The first-order valence-electron chi connectivity index (χ1n) is 8.56. The maximum atomic E-state index is 11.6. The first-order chi connectivity index (χ1) is 12.6. The van der Waals surface area contributed by atoms with E-state index in [0.29, 0.717) is 12.0 Å². The fraction of sp³-hybridized carbons (Fsp3) is 0.217. The molecule has 0 heterocycles. The Bertz CT molecular complexity index is 861. The molecule has 0 aromatic heterocycles. The molecule has 0 saturated carbocycles. The van der Waals surface area contributed by atoms with Crippen molar-refractivity contribution in [1.82, 2.24) is 0 Å². The van der Waals surface area contributed by atoms with E-state index < -0.39 is 11.9 Å². The minimum absolute atomic E-state index is 0.00115. The van der Waals surface area contributed by atoms with Crippen molar-refractivity contribution in [3.63, 3.8) is 0 Å². The Labute approximate surface area is 160 Å². The second kappa shape index (κ2) is 10.1. The Morgan fingerprint density at radius 3 is 2.26 bits per heavy atom. The molecule has 0 aliphatic heterocycles. The van der Waals surface area contributed by atoms with Crippen LogP contribution in [0.3, 0.4) is 0 Å². The van der Waals surface area contributed by atoms with E-state index in [0.717, 1.165) is 11.1 Å². The van der Waals surface area contributed by atoms with Gasteiger partial charge in [0.15, 0.2) is 0 Å². The lowest BCUT2D eigenvalue weighted by Gasteiger charge is -2.11. The van der Waals surface area contributed by atoms with Crippen LogP contribution in [0.2, 0.25) is 0 Å². The molecular weight excluding hydrogens is 340 g/mol. The van der Waals surface area contributed by atoms with Crippen LogP contribution in [0.5, 0.6) is 0 Å². The Kier molecular flexibility index (Phi) is 8.21. The molecular formula is C23H26O4. The van der Waals surface area contributed by atoms with Crippen LogP contribution in [-0.2, 0) is 6.42 Å². The van der Waals surface area contributed by atoms with E-state index in [4.69, 9.17) is 5.11 Å². The highest BCUT2D eigenvalue weighted by molar-refractivity contribution is 5.97. The lowest BCUT2D eigenvalue weighted by molar-refractivity contribution is 0.0695. The zero-order valence-corrected chi connectivity index (χ0v) is 16.2. The summed E-state index contributed by atoms with van der Waals surface area (Å²) >= 11 is 0. The highest BCUT2D eigenvalue weighted by atomic mass is 16.4. The van der Waals surface area contributed by atoms with Crippen LogP contribution in [0.4, 0.5) is 0 Å². The summed E-state index contributed by atoms with van der Waals surface area (Å²) in [5, 5.41) is 18.6. The van der Waals surface area contributed by atoms with Gasteiger partial charge in [0, 0.05) is 0 Å². The number of carboxylic acids is 2. The molecule has 0 unspecified atom stereocenters. The Morgan fingerprint density at radius 1 is 1.04 bits per heavy atom. The molecule has 1 rings (SSSR count). The van der Waals surface area contributed by atoms with Gasteiger partial charge < -0.3 is 10.2 Å². The predicted octanol–water partition coefficient (Wildman–Crippen LogP) is 5.52. The maximum Gasteiger partial charge on any atom is 0.336 e. The van der Waals surface area contributed by atoms with Crippen LogP contribution in [0.1, 0.15) is 52.6 Å². The van der Waals surface area contributed by atoms with Crippen LogP contribution in [0, 0.1) is 6.92 Å². The van der Waals surface area contributed by atoms with Crippen LogP contribution in [0.15, 0.2) is 71.9 Å². The third-order valence-corrected chi connectivity index (χ3v) is 3.84. The fourth-order valence-corrected chi connectivity index (χ4v) is 2.71. The van der Waals surface area contributed by atoms with Gasteiger partial charge in [-0.05, 0) is 51.3 Å². The summed E-state index contributed by atoms with van der Waals surface area (Å²) in [5.41, 5.74) is 3.94. The van der Waals surface area contributed by atoms with Gasteiger partial charge in [-0.15, -0.1) is 0 Å². The number of aromatic carboxylic acids is 2. The van der Waals surface area contributed by atoms with Crippen molar-refractivity contribution in [2.45, 2.75) is 34.1 Å². The van der Waals surface area contributed by atoms with Gasteiger partial charge in [-0.3, -0.25) is 0 Å². The second-order valence-corrected chi connectivity index (χ2v) is 6.59. The fourth-order valence-electron chi connectivity index (χ4n) is 2.71. The van der Waals surface area contributed by atoms with Crippen molar-refractivity contribution in [1.29, 1.82) is 0 Å². The van der Waals surface area contributed by atoms with Gasteiger partial charge in [-0.1, -0.05) is 65.8 Å². The van der Waals surface area contributed by atoms with Crippen LogP contribution in [0.25, 0.3) is 0 Å². The van der Waals surface area contributed by atoms with Crippen LogP contribution < -0.4 is 0 Å². The summed E-state index contributed by atoms with van der Waals surface area (Å²) in [6.07, 6.45) is 11.9. The van der Waals surface area contributed by atoms with Gasteiger partial charge in [0.25, 0.3) is 0 Å². The molecule has 142 valence electrons. The van der Waals surface area contributed by atoms with Gasteiger partial charge in [0.05, 0.1) is 11.1 Å². The zero-order chi connectivity index (χ0) is 20.6. The molecule has 0 amide bonds. The van der Waals surface area contributed by atoms with E-state index in [2.05, 4.69) is 12.7 Å². The second-order valence-electron chi connectivity index (χ2n) is 6.59. The number of carboxylic acid groups (broad SMARTS) is 2. The topological polar surface area (TPSA) is 74.6 Å². The van der Waals surface area contributed by atoms with E-state index in [9.17, 15) is 14.7 Å². The van der Waals surface area contributed by atoms with E-state index in [1.54, 1.807) is 6.07 Å². The number of rotatable bonds is 8. The lowest BCUT2D eigenvalue weighted by Crippen LogP contribution is -2.11. The van der Waals surface area contributed by atoms with Crippen molar-refractivity contribution in [2.75, 3.05) is 0 Å². The van der Waals surface area contributed by atoms with Gasteiger partial charge in [-0.2, -0.15) is 0 Å². The smallest absolute Gasteiger partial charge is 0.336 e. The van der Waals surface area contributed by atoms with E-state index in [1.165, 1.54) is 18.6 Å². The van der Waals surface area contributed by atoms with Gasteiger partial charge in [-0.25, -0.2) is 9.59 Å². The maximum absolute atomic E-state index is 11.6. The van der Waals surface area contributed by atoms with E-state index in [-0.39, 0.29) is 16.7 Å². The molecule has 0 radical (unpaired) electrons. The first kappa shape index (κ1) is 21.9. The number of benzene rings is 1. The molecule has 0 spiro atoms. The molecule has 1 aromatic carbocycles. The number of allylic oxidation sites excluding steroid dienone is 9. The summed E-state index contributed by atoms with van der Waals surface area (Å²) in [6.45, 7) is 11.6. The van der Waals surface area contributed by atoms with E-state index >= 15 is 0 Å². The summed E-state index contributed by atoms with van der Waals surface area (Å²) in [6, 6.07) is 2.98. The summed E-state index contributed by atoms with van der Waals surface area (Å²) in [4.78, 5) is 22.8. The highest BCUT2D eigenvalue weighted by Crippen LogP contribution is 2.22. The predicted molar refractivity (Wildman–Crippen MR) is 109 cm³/mol. The zero-order valence-electron chi connectivity index (χ0n) is 16.2. The molecule has 0 saturated heterocycles. The molecule has 0 aliphatic carbocycles. The van der Waals surface area contributed by atoms with Gasteiger partial charge in [0.2, 0.25) is 0 Å². The Morgan fingerprint density at radius 2 is 1.70 bits per heavy atom. The molecule has 0 bridgehead atoms. The molecule has 0 atom stereocenters. The minimum Gasteiger partial charge on any atom is -0.478 e. The normalized spacial score (nSPS) is 11.8. The van der Waals surface area contributed by atoms with Gasteiger partial charge >= 0.3 is 11.9 Å². The summed E-state index contributed by atoms with van der Waals surface area (Å²) in [7, 11) is 0. The molecule has 27 heavy (non-hydrogen) atoms. The summed E-state index contributed by atoms with van der Waals surface area (Å²) in [5.74, 6) is -2.27. The largest absolute Gasteiger partial charge is 0.478 e. The molecule has 4 nitrogen and oxygen atoms in total. The van der Waals surface area contributed by atoms with Gasteiger partial charge in [0.1, 0.15) is 0 Å². The molecule has 0 aliphatic rings. The molecule has 0 fully saturated rings. The third-order valence-electron chi connectivity index (χ3n) is 3.84. The van der Waals surface area contributed by atoms with Crippen molar-refractivity contribution in [2.24, 2.45) is 0 Å². The standard InChI is InChI=1S/C23H26O4/c1-15(2)13-16(3)9-7-6-8-10-17(4)14-19-11-12-20(22(24)25)18(5)21(19)23(26)27/h6-13H,4,14H2,1-3,5H3,(H,24,25)(H,26,27). The van der Waals surface area contributed by atoms with Crippen molar-refractivity contribution >= 4 is 11.9 Å². The Balaban J connectivity index is 2.92. The summed E-state index contributed by atoms with van der Waals surface area (Å²) < 4.78 is 0. The SMILES string of the molecule is C=C(C=CC=CC=C(C)C=C(C)C)Cc1ccc(C(=O)O)c(C)c1C(=O)O. The number of hydrogen-bond acceptors (Lipinski definition) is 2. The highest BCUT2D eigenvalue weighted by Gasteiger charge is 2.19. The van der Waals surface area contributed by atoms with Crippen LogP contribution in [-0.4, -0.2) is 22.2 Å². The lowest BCUT2D eigenvalue weighted by atomic mass is 9.93. The van der Waals surface area contributed by atoms with E-state index in [1.807, 2.05) is 51.2 Å². The number of hydrogen-bond donors (Lipinski definition) is 2.